The van der Waals surface area contributed by atoms with Crippen molar-refractivity contribution in [2.45, 2.75) is 71.4 Å². The molecule has 40 heavy (non-hydrogen) atoms. The molecule has 8 nitrogen and oxygen atoms in total. The van der Waals surface area contributed by atoms with Gasteiger partial charge < -0.3 is 0 Å². The smallest absolute Gasteiger partial charge is 0.206 e. The highest BCUT2D eigenvalue weighted by Crippen LogP contribution is 2.41. The van der Waals surface area contributed by atoms with E-state index in [1.807, 2.05) is 51.9 Å². The summed E-state index contributed by atoms with van der Waals surface area (Å²) in [4.78, 5) is 8.80. The van der Waals surface area contributed by atoms with Gasteiger partial charge in [-0.2, -0.15) is 18.2 Å². The number of hydrogen-bond donors (Lipinski definition) is 0. The van der Waals surface area contributed by atoms with Gasteiger partial charge in [0, 0.05) is 18.2 Å². The summed E-state index contributed by atoms with van der Waals surface area (Å²) in [6.07, 6.45) is -0.958. The molecule has 5 aromatic rings. The summed E-state index contributed by atoms with van der Waals surface area (Å²) in [5.41, 5.74) is 3.19. The van der Waals surface area contributed by atoms with E-state index in [1.54, 1.807) is 11.6 Å². The fraction of sp³-hybridized carbons (Fsp3) is 0.379. The van der Waals surface area contributed by atoms with E-state index in [1.165, 1.54) is 4.68 Å². The largest absolute Gasteiger partial charge is 0.586 e. The first-order chi connectivity index (χ1) is 18.6. The lowest BCUT2D eigenvalue weighted by atomic mass is 9.86. The third-order valence-electron chi connectivity index (χ3n) is 7.87. The van der Waals surface area contributed by atoms with Crippen LogP contribution in [0.1, 0.15) is 64.3 Å². The van der Waals surface area contributed by atoms with Crippen LogP contribution in [0.3, 0.4) is 0 Å². The molecule has 0 saturated heterocycles. The number of pyridine rings is 2. The highest BCUT2D eigenvalue weighted by Gasteiger charge is 2.72. The van der Waals surface area contributed by atoms with Crippen molar-refractivity contribution in [2.75, 3.05) is 0 Å². The Morgan fingerprint density at radius 3 is 2.08 bits per heavy atom. The molecule has 1 unspecified atom stereocenters. The minimum atomic E-state index is -4.73. The van der Waals surface area contributed by atoms with Gasteiger partial charge >= 0.3 is 12.1 Å². The molecular formula is C29H29F3N8+2. The molecule has 204 valence electrons. The van der Waals surface area contributed by atoms with Crippen molar-refractivity contribution in [3.8, 4) is 23.0 Å². The zero-order chi connectivity index (χ0) is 28.6. The molecule has 1 aromatic carbocycles. The summed E-state index contributed by atoms with van der Waals surface area (Å²) < 4.78 is 49.1. The number of alkyl halides is 3. The third kappa shape index (κ3) is 3.08. The van der Waals surface area contributed by atoms with E-state index in [2.05, 4.69) is 57.7 Å². The van der Waals surface area contributed by atoms with E-state index in [9.17, 15) is 13.2 Å². The van der Waals surface area contributed by atoms with Gasteiger partial charge in [0.05, 0.1) is 5.39 Å². The molecule has 11 heteroatoms. The number of hydrogen-bond acceptors (Lipinski definition) is 4. The summed E-state index contributed by atoms with van der Waals surface area (Å²) in [6.45, 7) is 14.5. The van der Waals surface area contributed by atoms with Crippen LogP contribution in [0, 0.1) is 6.92 Å². The monoisotopic (exact) mass is 546 g/mol. The van der Waals surface area contributed by atoms with E-state index in [4.69, 9.17) is 10.1 Å². The number of benzene rings is 1. The molecule has 2 aliphatic rings. The van der Waals surface area contributed by atoms with Gasteiger partial charge in [-0.05, 0) is 40.3 Å². The van der Waals surface area contributed by atoms with Gasteiger partial charge in [0.15, 0.2) is 12.4 Å². The van der Waals surface area contributed by atoms with Crippen molar-refractivity contribution < 1.29 is 22.3 Å². The van der Waals surface area contributed by atoms with Crippen LogP contribution in [0.15, 0.2) is 48.8 Å². The van der Waals surface area contributed by atoms with Crippen molar-refractivity contribution in [1.82, 2.24) is 29.5 Å². The summed E-state index contributed by atoms with van der Waals surface area (Å²) in [7, 11) is 0. The van der Waals surface area contributed by atoms with E-state index in [-0.39, 0.29) is 16.7 Å². The maximum Gasteiger partial charge on any atom is 0.586 e. The Kier molecular flexibility index (Phi) is 4.55. The van der Waals surface area contributed by atoms with Crippen molar-refractivity contribution in [2.24, 2.45) is 0 Å². The molecule has 1 atom stereocenters. The van der Waals surface area contributed by atoms with E-state index < -0.39 is 17.9 Å². The molecule has 2 aliphatic heterocycles. The third-order valence-corrected chi connectivity index (χ3v) is 7.87. The molecule has 0 N–H and O–H groups in total. The van der Waals surface area contributed by atoms with Crippen LogP contribution in [0.5, 0.6) is 0 Å². The first kappa shape index (κ1) is 24.9. The number of aryl methyl sites for hydroxylation is 1. The van der Waals surface area contributed by atoms with Gasteiger partial charge in [0.25, 0.3) is 17.2 Å². The Morgan fingerprint density at radius 1 is 0.750 bits per heavy atom. The van der Waals surface area contributed by atoms with Gasteiger partial charge in [-0.25, -0.2) is 4.98 Å². The highest BCUT2D eigenvalue weighted by atomic mass is 19.4. The Labute approximate surface area is 228 Å². The second-order valence-electron chi connectivity index (χ2n) is 12.7. The van der Waals surface area contributed by atoms with E-state index in [0.29, 0.717) is 17.3 Å². The van der Waals surface area contributed by atoms with Gasteiger partial charge in [0.1, 0.15) is 5.82 Å². The second-order valence-corrected chi connectivity index (χ2v) is 12.7. The zero-order valence-corrected chi connectivity index (χ0v) is 23.3. The number of fused-ring (bicyclic) bond motifs is 12. The van der Waals surface area contributed by atoms with Crippen molar-refractivity contribution in [3.63, 3.8) is 0 Å². The summed E-state index contributed by atoms with van der Waals surface area (Å²) >= 11 is 0. The zero-order valence-electron chi connectivity index (χ0n) is 23.3. The van der Waals surface area contributed by atoms with Crippen LogP contribution in [0.2, 0.25) is 0 Å². The van der Waals surface area contributed by atoms with Gasteiger partial charge in [-0.3, -0.25) is 0 Å². The summed E-state index contributed by atoms with van der Waals surface area (Å²) in [5, 5.41) is 10.5. The quantitative estimate of drug-likeness (QED) is 0.259. The van der Waals surface area contributed by atoms with Crippen molar-refractivity contribution in [3.05, 3.63) is 71.6 Å². The average Bonchev–Trinajstić information content (AvgIpc) is 3.58. The Balaban J connectivity index is 1.63. The lowest BCUT2D eigenvalue weighted by Gasteiger charge is -2.20. The standard InChI is InChI=1S/C29H29F3N8/c1-16-33-23-21-15-19(27(5,6)7)11-13-37(21)29(39(23)35-16)38-12-10-17-14-18(26(2,3)4)8-9-20(17)22(38)24-34-25(28(30,31)32)36-40(24)29/h8-15H,1-7H3/q+2. The summed E-state index contributed by atoms with van der Waals surface area (Å²) in [5.74, 6) is -1.50. The second kappa shape index (κ2) is 7.32. The molecule has 0 aliphatic carbocycles. The lowest BCUT2D eigenvalue weighted by Crippen LogP contribution is -2.77. The molecule has 4 aromatic heterocycles. The van der Waals surface area contributed by atoms with Crippen LogP contribution in [0.4, 0.5) is 13.2 Å². The highest BCUT2D eigenvalue weighted by molar-refractivity contribution is 5.92. The summed E-state index contributed by atoms with van der Waals surface area (Å²) in [6, 6.07) is 12.1. The molecule has 0 saturated carbocycles. The normalized spacial score (nSPS) is 17.9. The molecule has 0 amide bonds. The number of rotatable bonds is 0. The maximum atomic E-state index is 14.1. The van der Waals surface area contributed by atoms with E-state index >= 15 is 0 Å². The number of aromatic nitrogens is 8. The molecule has 0 fully saturated rings. The predicted molar refractivity (Wildman–Crippen MR) is 140 cm³/mol. The molecular weight excluding hydrogens is 517 g/mol. The minimum Gasteiger partial charge on any atom is -0.206 e. The first-order valence-corrected chi connectivity index (χ1v) is 13.2. The van der Waals surface area contributed by atoms with Crippen LogP contribution in [-0.4, -0.2) is 29.5 Å². The van der Waals surface area contributed by atoms with Gasteiger partial charge in [0.2, 0.25) is 11.6 Å². The van der Waals surface area contributed by atoms with Crippen LogP contribution in [0.25, 0.3) is 33.8 Å². The number of nitrogens with zero attached hydrogens (tertiary/aromatic N) is 8. The Morgan fingerprint density at radius 2 is 1.40 bits per heavy atom. The molecule has 1 spiro atoms. The minimum absolute atomic E-state index is 0.0940. The van der Waals surface area contributed by atoms with Crippen molar-refractivity contribution in [1.29, 1.82) is 0 Å². The molecule has 7 rings (SSSR count). The number of halogens is 3. The van der Waals surface area contributed by atoms with Crippen LogP contribution < -0.4 is 9.13 Å². The predicted octanol–water partition coefficient (Wildman–Crippen LogP) is 4.69. The van der Waals surface area contributed by atoms with E-state index in [0.717, 1.165) is 27.6 Å². The Hall–Kier alpha value is -4.15. The van der Waals surface area contributed by atoms with Gasteiger partial charge in [-0.15, -0.1) is 10.2 Å². The van der Waals surface area contributed by atoms with Crippen molar-refractivity contribution >= 4 is 10.8 Å². The maximum absolute atomic E-state index is 14.1. The first-order valence-electron chi connectivity index (χ1n) is 13.2. The fourth-order valence-corrected chi connectivity index (χ4v) is 5.82. The SMILES string of the molecule is Cc1nc2n(n1)C1(n3nc(C(F)(F)F)nc3-c3c4ccc(C(C)(C)C)cc4cc[n+]31)[n+]1ccc(C(C)(C)C)cc1-2. The molecule has 6 heterocycles. The molecule has 0 radical (unpaired) electrons. The average molecular weight is 547 g/mol. The lowest BCUT2D eigenvalue weighted by molar-refractivity contribution is -0.990. The van der Waals surface area contributed by atoms with Crippen LogP contribution >= 0.6 is 0 Å². The fourth-order valence-electron chi connectivity index (χ4n) is 5.82. The topological polar surface area (TPSA) is 69.2 Å². The Bertz CT molecular complexity index is 1880. The molecule has 0 bridgehead atoms. The van der Waals surface area contributed by atoms with Gasteiger partial charge in [-0.1, -0.05) is 72.2 Å². The van der Waals surface area contributed by atoms with Crippen LogP contribution in [-0.2, 0) is 22.9 Å².